The van der Waals surface area contributed by atoms with E-state index in [4.69, 9.17) is 0 Å². The first-order chi connectivity index (χ1) is 14.1. The van der Waals surface area contributed by atoms with Crippen molar-refractivity contribution in [1.29, 1.82) is 5.26 Å². The Labute approximate surface area is 172 Å². The van der Waals surface area contributed by atoms with Gasteiger partial charge in [0.15, 0.2) is 0 Å². The number of aromatic nitrogens is 2. The molecule has 1 aliphatic carbocycles. The van der Waals surface area contributed by atoms with Gasteiger partial charge in [0.05, 0.1) is 17.6 Å². The molecule has 1 saturated heterocycles. The maximum absolute atomic E-state index is 12.6. The minimum absolute atomic E-state index is 0.147. The summed E-state index contributed by atoms with van der Waals surface area (Å²) in [6.07, 6.45) is 10.00. The zero-order valence-corrected chi connectivity index (χ0v) is 17.1. The molecule has 29 heavy (non-hydrogen) atoms. The molecule has 0 spiro atoms. The van der Waals surface area contributed by atoms with E-state index >= 15 is 0 Å². The number of amides is 1. The summed E-state index contributed by atoms with van der Waals surface area (Å²) in [4.78, 5) is 23.8. The van der Waals surface area contributed by atoms with Gasteiger partial charge in [-0.25, -0.2) is 0 Å². The van der Waals surface area contributed by atoms with Gasteiger partial charge in [0.2, 0.25) is 5.91 Å². The Kier molecular flexibility index (Phi) is 6.05. The van der Waals surface area contributed by atoms with Crippen LogP contribution in [0.15, 0.2) is 24.5 Å². The number of nitrogens with one attached hydrogen (secondary N) is 1. The summed E-state index contributed by atoms with van der Waals surface area (Å²) in [6, 6.07) is 6.29. The molecule has 6 nitrogen and oxygen atoms in total. The summed E-state index contributed by atoms with van der Waals surface area (Å²) >= 11 is 0. The van der Waals surface area contributed by atoms with E-state index in [1.807, 2.05) is 12.1 Å². The van der Waals surface area contributed by atoms with Crippen LogP contribution in [0.4, 0.5) is 0 Å². The Hall–Kier alpha value is -2.52. The molecule has 1 amide bonds. The lowest BCUT2D eigenvalue weighted by Gasteiger charge is -2.35. The average molecular weight is 392 g/mol. The molecule has 1 aliphatic heterocycles. The largest absolute Gasteiger partial charge is 0.352 e. The average Bonchev–Trinajstić information content (AvgIpc) is 2.73. The number of nitriles is 1. The van der Waals surface area contributed by atoms with Crippen LogP contribution in [0.5, 0.6) is 0 Å². The minimum Gasteiger partial charge on any atom is -0.352 e. The van der Waals surface area contributed by atoms with Crippen LogP contribution in [0.1, 0.15) is 62.5 Å². The molecule has 1 aromatic carbocycles. The number of nitrogens with zero attached hydrogens (tertiary/aromatic N) is 4. The lowest BCUT2D eigenvalue weighted by atomic mass is 9.75. The molecule has 3 atom stereocenters. The van der Waals surface area contributed by atoms with Crippen LogP contribution in [-0.2, 0) is 4.79 Å². The molecule has 152 valence electrons. The minimum atomic E-state index is 0.147. The molecular weight excluding hydrogens is 362 g/mol. The highest BCUT2D eigenvalue weighted by atomic mass is 16.2. The zero-order valence-electron chi connectivity index (χ0n) is 17.1. The molecule has 2 fully saturated rings. The molecular formula is C23H29N5O. The Balaban J connectivity index is 1.49. The molecule has 2 heterocycles. The summed E-state index contributed by atoms with van der Waals surface area (Å²) in [5.74, 6) is 0.983. The van der Waals surface area contributed by atoms with Gasteiger partial charge in [-0.05, 0) is 68.7 Å². The standard InChI is InChI=1S/C23H29N5O/c1-16-11-18(20-6-5-17(14-24)22-23(20)26-8-7-25-22)13-19(12-16)27-21(29)15-28-9-3-2-4-10-28/h5-8,16,18-19H,2-4,9-13,15H2,1H3,(H,27,29)/t16-,18+,19-/m1/s1. The van der Waals surface area contributed by atoms with Crippen molar-refractivity contribution < 1.29 is 4.79 Å². The van der Waals surface area contributed by atoms with Gasteiger partial charge < -0.3 is 5.32 Å². The molecule has 2 aromatic rings. The van der Waals surface area contributed by atoms with Crippen molar-refractivity contribution in [1.82, 2.24) is 20.2 Å². The SMILES string of the molecule is C[C@H]1C[C@@H](NC(=O)CN2CCCCC2)C[C@@H](c2ccc(C#N)c3nccnc23)C1. The topological polar surface area (TPSA) is 81.9 Å². The van der Waals surface area contributed by atoms with E-state index in [1.165, 1.54) is 19.3 Å². The van der Waals surface area contributed by atoms with E-state index in [-0.39, 0.29) is 11.9 Å². The highest BCUT2D eigenvalue weighted by molar-refractivity contribution is 5.84. The van der Waals surface area contributed by atoms with Crippen molar-refractivity contribution in [2.75, 3.05) is 19.6 Å². The Bertz CT molecular complexity index is 915. The fourth-order valence-corrected chi connectivity index (χ4v) is 5.07. The number of carbonyl (C=O) groups excluding carboxylic acids is 1. The summed E-state index contributed by atoms with van der Waals surface area (Å²) in [6.45, 7) is 4.84. The first-order valence-corrected chi connectivity index (χ1v) is 10.8. The fraction of sp³-hybridized carbons (Fsp3) is 0.565. The third kappa shape index (κ3) is 4.56. The zero-order chi connectivity index (χ0) is 20.2. The van der Waals surface area contributed by atoms with Crippen LogP contribution >= 0.6 is 0 Å². The predicted octanol–water partition coefficient (Wildman–Crippen LogP) is 3.38. The van der Waals surface area contributed by atoms with E-state index in [2.05, 4.69) is 33.2 Å². The maximum Gasteiger partial charge on any atom is 0.234 e. The number of fused-ring (bicyclic) bond motifs is 1. The number of benzene rings is 1. The van der Waals surface area contributed by atoms with Crippen LogP contribution in [0.25, 0.3) is 11.0 Å². The number of carbonyl (C=O) groups is 1. The first-order valence-electron chi connectivity index (χ1n) is 10.8. The second-order valence-corrected chi connectivity index (χ2v) is 8.68. The Morgan fingerprint density at radius 2 is 1.90 bits per heavy atom. The highest BCUT2D eigenvalue weighted by Gasteiger charge is 2.30. The van der Waals surface area contributed by atoms with Gasteiger partial charge >= 0.3 is 0 Å². The van der Waals surface area contributed by atoms with Gasteiger partial charge in [-0.1, -0.05) is 19.4 Å². The lowest BCUT2D eigenvalue weighted by molar-refractivity contribution is -0.123. The molecule has 4 rings (SSSR count). The van der Waals surface area contributed by atoms with Crippen LogP contribution < -0.4 is 5.32 Å². The maximum atomic E-state index is 12.6. The molecule has 6 heteroatoms. The van der Waals surface area contributed by atoms with Crippen LogP contribution in [0.2, 0.25) is 0 Å². The molecule has 1 N–H and O–H groups in total. The lowest BCUT2D eigenvalue weighted by Crippen LogP contribution is -2.45. The number of hydrogen-bond donors (Lipinski definition) is 1. The second kappa shape index (κ2) is 8.87. The van der Waals surface area contributed by atoms with E-state index in [9.17, 15) is 10.1 Å². The highest BCUT2D eigenvalue weighted by Crippen LogP contribution is 2.38. The van der Waals surface area contributed by atoms with Gasteiger partial charge in [0.1, 0.15) is 11.6 Å². The number of rotatable bonds is 4. The molecule has 1 saturated carbocycles. The number of piperidine rings is 1. The van der Waals surface area contributed by atoms with E-state index < -0.39 is 0 Å². The van der Waals surface area contributed by atoms with Crippen LogP contribution in [-0.4, -0.2) is 46.5 Å². The summed E-state index contributed by atoms with van der Waals surface area (Å²) < 4.78 is 0. The van der Waals surface area contributed by atoms with Crippen LogP contribution in [0.3, 0.4) is 0 Å². The summed E-state index contributed by atoms with van der Waals surface area (Å²) in [5, 5.41) is 12.7. The summed E-state index contributed by atoms with van der Waals surface area (Å²) in [5.41, 5.74) is 3.21. The molecule has 1 aromatic heterocycles. The van der Waals surface area contributed by atoms with Crippen molar-refractivity contribution in [2.24, 2.45) is 5.92 Å². The van der Waals surface area contributed by atoms with Crippen molar-refractivity contribution in [3.63, 3.8) is 0 Å². The predicted molar refractivity (Wildman–Crippen MR) is 112 cm³/mol. The van der Waals surface area contributed by atoms with Crippen molar-refractivity contribution >= 4 is 16.9 Å². The smallest absolute Gasteiger partial charge is 0.234 e. The molecule has 0 unspecified atom stereocenters. The quantitative estimate of drug-likeness (QED) is 0.864. The van der Waals surface area contributed by atoms with Crippen molar-refractivity contribution in [3.8, 4) is 6.07 Å². The van der Waals surface area contributed by atoms with Gasteiger partial charge in [-0.15, -0.1) is 0 Å². The number of hydrogen-bond acceptors (Lipinski definition) is 5. The van der Waals surface area contributed by atoms with Crippen molar-refractivity contribution in [2.45, 2.75) is 57.4 Å². The Morgan fingerprint density at radius 3 is 2.66 bits per heavy atom. The van der Waals surface area contributed by atoms with E-state index in [1.54, 1.807) is 12.4 Å². The molecule has 0 bridgehead atoms. The molecule has 0 radical (unpaired) electrons. The van der Waals surface area contributed by atoms with Crippen LogP contribution in [0, 0.1) is 17.2 Å². The monoisotopic (exact) mass is 391 g/mol. The first kappa shape index (κ1) is 19.8. The summed E-state index contributed by atoms with van der Waals surface area (Å²) in [7, 11) is 0. The van der Waals surface area contributed by atoms with E-state index in [0.717, 1.165) is 43.4 Å². The van der Waals surface area contributed by atoms with Gasteiger partial charge in [-0.2, -0.15) is 5.26 Å². The molecule has 2 aliphatic rings. The Morgan fingerprint density at radius 1 is 1.14 bits per heavy atom. The third-order valence-electron chi connectivity index (χ3n) is 6.34. The van der Waals surface area contributed by atoms with Gasteiger partial charge in [0, 0.05) is 18.4 Å². The van der Waals surface area contributed by atoms with Gasteiger partial charge in [-0.3, -0.25) is 19.7 Å². The van der Waals surface area contributed by atoms with Crippen molar-refractivity contribution in [3.05, 3.63) is 35.7 Å². The second-order valence-electron chi connectivity index (χ2n) is 8.68. The number of likely N-dealkylation sites (tertiary alicyclic amines) is 1. The normalized spacial score (nSPS) is 25.4. The van der Waals surface area contributed by atoms with Gasteiger partial charge in [0.25, 0.3) is 0 Å². The third-order valence-corrected chi connectivity index (χ3v) is 6.34. The fourth-order valence-electron chi connectivity index (χ4n) is 5.07. The van der Waals surface area contributed by atoms with E-state index in [0.29, 0.717) is 29.5 Å².